The van der Waals surface area contributed by atoms with Crippen LogP contribution in [0.2, 0.25) is 0 Å². The van der Waals surface area contributed by atoms with Gasteiger partial charge in [0.05, 0.1) is 5.52 Å². The van der Waals surface area contributed by atoms with Crippen molar-refractivity contribution in [2.75, 3.05) is 7.11 Å². The Morgan fingerprint density at radius 3 is 2.76 bits per heavy atom. The van der Waals surface area contributed by atoms with Crippen LogP contribution in [0.4, 0.5) is 0 Å². The van der Waals surface area contributed by atoms with Crippen LogP contribution in [0.3, 0.4) is 0 Å². The van der Waals surface area contributed by atoms with Crippen molar-refractivity contribution in [3.63, 3.8) is 0 Å². The molecule has 3 heteroatoms. The molecule has 0 saturated carbocycles. The number of benzene rings is 1. The van der Waals surface area contributed by atoms with Crippen LogP contribution in [0.1, 0.15) is 24.2 Å². The zero-order valence-electron chi connectivity index (χ0n) is 10.2. The molecule has 0 atom stereocenters. The Hall–Kier alpha value is -1.74. The number of hydrogen-bond acceptors (Lipinski definition) is 3. The first-order chi connectivity index (χ1) is 8.04. The summed E-state index contributed by atoms with van der Waals surface area (Å²) >= 11 is 0. The minimum atomic E-state index is -0.796. The Kier molecular flexibility index (Phi) is 2.94. The lowest BCUT2D eigenvalue weighted by Gasteiger charge is -2.21. The molecule has 0 aliphatic heterocycles. The molecule has 88 valence electrons. The molecule has 2 aromatic rings. The maximum absolute atomic E-state index is 12.2. The van der Waals surface area contributed by atoms with Crippen LogP contribution in [0.15, 0.2) is 36.5 Å². The second-order valence-electron chi connectivity index (χ2n) is 4.45. The van der Waals surface area contributed by atoms with E-state index < -0.39 is 5.60 Å². The number of pyridine rings is 1. The number of Topliss-reactive ketones (excluding diaryl/α,β-unsaturated/α-hetero) is 1. The van der Waals surface area contributed by atoms with E-state index in [2.05, 4.69) is 4.98 Å². The van der Waals surface area contributed by atoms with Crippen LogP contribution in [0, 0.1) is 0 Å². The van der Waals surface area contributed by atoms with Crippen molar-refractivity contribution in [2.45, 2.75) is 19.4 Å². The molecular weight excluding hydrogens is 214 g/mol. The largest absolute Gasteiger partial charge is 0.371 e. The lowest BCUT2D eigenvalue weighted by molar-refractivity contribution is 0.0228. The van der Waals surface area contributed by atoms with Crippen molar-refractivity contribution in [1.82, 2.24) is 4.98 Å². The average molecular weight is 229 g/mol. The van der Waals surface area contributed by atoms with Gasteiger partial charge in [-0.25, -0.2) is 0 Å². The maximum atomic E-state index is 12.2. The molecule has 2 rings (SSSR count). The second-order valence-corrected chi connectivity index (χ2v) is 4.45. The third-order valence-corrected chi connectivity index (χ3v) is 2.92. The summed E-state index contributed by atoms with van der Waals surface area (Å²) in [6, 6.07) is 9.30. The van der Waals surface area contributed by atoms with Gasteiger partial charge >= 0.3 is 0 Å². The zero-order valence-corrected chi connectivity index (χ0v) is 10.2. The number of ether oxygens (including phenoxy) is 1. The predicted octanol–water partition coefficient (Wildman–Crippen LogP) is 2.84. The van der Waals surface area contributed by atoms with Gasteiger partial charge < -0.3 is 4.74 Å². The summed E-state index contributed by atoms with van der Waals surface area (Å²) in [4.78, 5) is 16.4. The van der Waals surface area contributed by atoms with Gasteiger partial charge in [0.25, 0.3) is 0 Å². The highest BCUT2D eigenvalue weighted by molar-refractivity contribution is 6.04. The fourth-order valence-corrected chi connectivity index (χ4v) is 1.66. The summed E-state index contributed by atoms with van der Waals surface area (Å²) < 4.78 is 5.20. The number of carbonyl (C=O) groups is 1. The Morgan fingerprint density at radius 1 is 1.29 bits per heavy atom. The zero-order chi connectivity index (χ0) is 12.5. The van der Waals surface area contributed by atoms with Crippen molar-refractivity contribution in [1.29, 1.82) is 0 Å². The van der Waals surface area contributed by atoms with Crippen LogP contribution in [-0.4, -0.2) is 23.5 Å². The van der Waals surface area contributed by atoms with Crippen LogP contribution >= 0.6 is 0 Å². The van der Waals surface area contributed by atoms with Gasteiger partial charge in [-0.15, -0.1) is 0 Å². The van der Waals surface area contributed by atoms with Gasteiger partial charge in [-0.05, 0) is 38.1 Å². The standard InChI is InChI=1S/C14H15NO2/c1-14(2,17-3)13(16)11-6-7-12-10(9-11)5-4-8-15-12/h4-9H,1-3H3. The van der Waals surface area contributed by atoms with E-state index in [1.54, 1.807) is 33.2 Å². The first-order valence-electron chi connectivity index (χ1n) is 5.49. The fourth-order valence-electron chi connectivity index (χ4n) is 1.66. The lowest BCUT2D eigenvalue weighted by atomic mass is 9.95. The SMILES string of the molecule is COC(C)(C)C(=O)c1ccc2ncccc2c1. The Bertz CT molecular complexity index is 561. The average Bonchev–Trinajstić information content (AvgIpc) is 2.37. The number of aromatic nitrogens is 1. The number of hydrogen-bond donors (Lipinski definition) is 0. The van der Waals surface area contributed by atoms with Gasteiger partial charge in [0.1, 0.15) is 5.60 Å². The Labute approximate surface area is 100 Å². The number of ketones is 1. The summed E-state index contributed by atoms with van der Waals surface area (Å²) in [5.41, 5.74) is 0.743. The van der Waals surface area contributed by atoms with Gasteiger partial charge in [0.2, 0.25) is 0 Å². The van der Waals surface area contributed by atoms with Crippen molar-refractivity contribution >= 4 is 16.7 Å². The molecule has 0 bridgehead atoms. The van der Waals surface area contributed by atoms with Crippen molar-refractivity contribution < 1.29 is 9.53 Å². The van der Waals surface area contributed by atoms with E-state index in [1.165, 1.54) is 0 Å². The molecule has 0 aliphatic rings. The number of methoxy groups -OCH3 is 1. The van der Waals surface area contributed by atoms with Crippen LogP contribution in [0.25, 0.3) is 10.9 Å². The monoisotopic (exact) mass is 229 g/mol. The smallest absolute Gasteiger partial charge is 0.194 e. The molecule has 3 nitrogen and oxygen atoms in total. The molecular formula is C14H15NO2. The molecule has 0 saturated heterocycles. The number of rotatable bonds is 3. The minimum absolute atomic E-state index is 0.0225. The van der Waals surface area contributed by atoms with E-state index in [4.69, 9.17) is 4.74 Å². The maximum Gasteiger partial charge on any atom is 0.194 e. The lowest BCUT2D eigenvalue weighted by Crippen LogP contribution is -2.33. The summed E-state index contributed by atoms with van der Waals surface area (Å²) in [6.07, 6.45) is 1.74. The van der Waals surface area contributed by atoms with Crippen molar-refractivity contribution in [2.24, 2.45) is 0 Å². The molecule has 0 fully saturated rings. The second kappa shape index (κ2) is 4.26. The topological polar surface area (TPSA) is 39.2 Å². The van der Waals surface area contributed by atoms with E-state index >= 15 is 0 Å². The third-order valence-electron chi connectivity index (χ3n) is 2.92. The van der Waals surface area contributed by atoms with Gasteiger partial charge in [0.15, 0.2) is 5.78 Å². The normalized spacial score (nSPS) is 11.7. The molecule has 0 radical (unpaired) electrons. The minimum Gasteiger partial charge on any atom is -0.371 e. The Balaban J connectivity index is 2.47. The highest BCUT2D eigenvalue weighted by atomic mass is 16.5. The summed E-state index contributed by atoms with van der Waals surface area (Å²) in [5, 5.41) is 0.963. The molecule has 17 heavy (non-hydrogen) atoms. The summed E-state index contributed by atoms with van der Waals surface area (Å²) in [7, 11) is 1.54. The highest BCUT2D eigenvalue weighted by Gasteiger charge is 2.28. The summed E-state index contributed by atoms with van der Waals surface area (Å²) in [5.74, 6) is -0.0225. The molecule has 0 N–H and O–H groups in total. The quantitative estimate of drug-likeness (QED) is 0.760. The van der Waals surface area contributed by atoms with Gasteiger partial charge in [-0.2, -0.15) is 0 Å². The first kappa shape index (κ1) is 11.7. The molecule has 1 aromatic carbocycles. The number of fused-ring (bicyclic) bond motifs is 1. The Morgan fingerprint density at radius 2 is 2.06 bits per heavy atom. The molecule has 0 spiro atoms. The van der Waals surface area contributed by atoms with E-state index in [9.17, 15) is 4.79 Å². The van der Waals surface area contributed by atoms with E-state index in [0.717, 1.165) is 10.9 Å². The van der Waals surface area contributed by atoms with Gasteiger partial charge in [0, 0.05) is 24.3 Å². The molecule has 0 aliphatic carbocycles. The number of nitrogens with zero attached hydrogens (tertiary/aromatic N) is 1. The van der Waals surface area contributed by atoms with Crippen LogP contribution < -0.4 is 0 Å². The third kappa shape index (κ3) is 2.19. The predicted molar refractivity (Wildman–Crippen MR) is 67.2 cm³/mol. The summed E-state index contributed by atoms with van der Waals surface area (Å²) in [6.45, 7) is 3.53. The van der Waals surface area contributed by atoms with Crippen molar-refractivity contribution in [3.8, 4) is 0 Å². The van der Waals surface area contributed by atoms with Crippen LogP contribution in [0.5, 0.6) is 0 Å². The van der Waals surface area contributed by atoms with Crippen molar-refractivity contribution in [3.05, 3.63) is 42.1 Å². The van der Waals surface area contributed by atoms with E-state index in [-0.39, 0.29) is 5.78 Å². The molecule has 0 amide bonds. The molecule has 1 heterocycles. The van der Waals surface area contributed by atoms with E-state index in [0.29, 0.717) is 5.56 Å². The fraction of sp³-hybridized carbons (Fsp3) is 0.286. The highest BCUT2D eigenvalue weighted by Crippen LogP contribution is 2.19. The van der Waals surface area contributed by atoms with Gasteiger partial charge in [-0.1, -0.05) is 6.07 Å². The molecule has 0 unspecified atom stereocenters. The first-order valence-corrected chi connectivity index (χ1v) is 5.49. The molecule has 1 aromatic heterocycles. The van der Waals surface area contributed by atoms with E-state index in [1.807, 2.05) is 24.3 Å². The number of carbonyl (C=O) groups excluding carboxylic acids is 1. The van der Waals surface area contributed by atoms with Gasteiger partial charge in [-0.3, -0.25) is 9.78 Å². The van der Waals surface area contributed by atoms with Crippen LogP contribution in [-0.2, 0) is 4.74 Å².